The van der Waals surface area contributed by atoms with Gasteiger partial charge in [-0.3, -0.25) is 4.79 Å². The molecule has 0 bridgehead atoms. The van der Waals surface area contributed by atoms with E-state index in [1.165, 1.54) is 4.90 Å². The predicted octanol–water partition coefficient (Wildman–Crippen LogP) is 2.25. The SMILES string of the molecule is O=C(C1CN(c2ncc(C(F)(F)F)cc2F)C1)N1CCSCC1. The fourth-order valence-electron chi connectivity index (χ4n) is 2.67. The molecule has 2 aliphatic heterocycles. The molecule has 0 N–H and O–H groups in total. The molecule has 0 atom stereocenters. The molecule has 1 amide bonds. The van der Waals surface area contributed by atoms with Gasteiger partial charge in [0.15, 0.2) is 11.6 Å². The summed E-state index contributed by atoms with van der Waals surface area (Å²) in [5.41, 5.74) is -1.11. The van der Waals surface area contributed by atoms with Crippen molar-refractivity contribution in [2.75, 3.05) is 42.6 Å². The summed E-state index contributed by atoms with van der Waals surface area (Å²) in [6.45, 7) is 2.01. The maximum absolute atomic E-state index is 13.8. The Labute approximate surface area is 134 Å². The lowest BCUT2D eigenvalue weighted by molar-refractivity contribution is -0.138. The summed E-state index contributed by atoms with van der Waals surface area (Å²) >= 11 is 1.80. The molecule has 126 valence electrons. The summed E-state index contributed by atoms with van der Waals surface area (Å²) in [5, 5.41) is 0. The van der Waals surface area contributed by atoms with Crippen LogP contribution in [0.1, 0.15) is 5.56 Å². The highest BCUT2D eigenvalue weighted by atomic mass is 32.2. The van der Waals surface area contributed by atoms with Gasteiger partial charge >= 0.3 is 6.18 Å². The lowest BCUT2D eigenvalue weighted by atomic mass is 9.98. The Kier molecular flexibility index (Phi) is 4.39. The monoisotopic (exact) mass is 349 g/mol. The van der Waals surface area contributed by atoms with E-state index in [9.17, 15) is 22.4 Å². The number of anilines is 1. The third-order valence-corrected chi connectivity index (χ3v) is 4.94. The Bertz CT molecular complexity index is 598. The zero-order valence-corrected chi connectivity index (χ0v) is 13.0. The smallest absolute Gasteiger partial charge is 0.352 e. The molecular formula is C14H15F4N3OS. The number of carbonyl (C=O) groups is 1. The van der Waals surface area contributed by atoms with Gasteiger partial charge in [0.2, 0.25) is 5.91 Å². The first-order valence-electron chi connectivity index (χ1n) is 7.20. The predicted molar refractivity (Wildman–Crippen MR) is 78.8 cm³/mol. The van der Waals surface area contributed by atoms with Gasteiger partial charge in [-0.2, -0.15) is 24.9 Å². The molecule has 2 fully saturated rings. The third kappa shape index (κ3) is 3.39. The number of hydrogen-bond donors (Lipinski definition) is 0. The van der Waals surface area contributed by atoms with Crippen LogP contribution in [0.25, 0.3) is 0 Å². The molecule has 3 heterocycles. The number of aromatic nitrogens is 1. The molecule has 0 unspecified atom stereocenters. The van der Waals surface area contributed by atoms with Crippen LogP contribution in [0.4, 0.5) is 23.4 Å². The molecule has 0 spiro atoms. The van der Waals surface area contributed by atoms with Gasteiger partial charge < -0.3 is 9.80 Å². The van der Waals surface area contributed by atoms with E-state index in [4.69, 9.17) is 0 Å². The average Bonchev–Trinajstić information content (AvgIpc) is 2.47. The van der Waals surface area contributed by atoms with E-state index in [0.29, 0.717) is 25.4 Å². The number of pyridine rings is 1. The fourth-order valence-corrected chi connectivity index (χ4v) is 3.57. The zero-order valence-electron chi connectivity index (χ0n) is 12.1. The van der Waals surface area contributed by atoms with E-state index in [0.717, 1.165) is 11.5 Å². The minimum absolute atomic E-state index is 0.0360. The lowest BCUT2D eigenvalue weighted by Crippen LogP contribution is -2.56. The Morgan fingerprint density at radius 3 is 2.48 bits per heavy atom. The second-order valence-corrected chi connectivity index (χ2v) is 6.79. The fraction of sp³-hybridized carbons (Fsp3) is 0.571. The van der Waals surface area contributed by atoms with Crippen molar-refractivity contribution in [3.8, 4) is 0 Å². The molecular weight excluding hydrogens is 334 g/mol. The lowest BCUT2D eigenvalue weighted by Gasteiger charge is -2.42. The van der Waals surface area contributed by atoms with Gasteiger partial charge in [-0.05, 0) is 6.07 Å². The van der Waals surface area contributed by atoms with Gasteiger partial charge in [0, 0.05) is 43.9 Å². The molecule has 0 aliphatic carbocycles. The minimum atomic E-state index is -4.62. The Balaban J connectivity index is 1.62. The third-order valence-electron chi connectivity index (χ3n) is 4.00. The number of rotatable bonds is 2. The minimum Gasteiger partial charge on any atom is -0.352 e. The second kappa shape index (κ2) is 6.18. The van der Waals surface area contributed by atoms with E-state index in [2.05, 4.69) is 4.98 Å². The number of alkyl halides is 3. The molecule has 2 saturated heterocycles. The van der Waals surface area contributed by atoms with Crippen LogP contribution in [0.2, 0.25) is 0 Å². The standard InChI is InChI=1S/C14H15F4N3OS/c15-11-5-10(14(16,17)18)6-19-12(11)21-7-9(8-21)13(22)20-1-3-23-4-2-20/h5-6,9H,1-4,7-8H2. The van der Waals surface area contributed by atoms with Crippen molar-refractivity contribution in [3.05, 3.63) is 23.6 Å². The van der Waals surface area contributed by atoms with E-state index >= 15 is 0 Å². The van der Waals surface area contributed by atoms with Crippen molar-refractivity contribution >= 4 is 23.5 Å². The van der Waals surface area contributed by atoms with E-state index in [-0.39, 0.29) is 30.7 Å². The van der Waals surface area contributed by atoms with Crippen LogP contribution >= 0.6 is 11.8 Å². The normalized spacial score (nSPS) is 19.7. The van der Waals surface area contributed by atoms with Gasteiger partial charge in [0.1, 0.15) is 0 Å². The largest absolute Gasteiger partial charge is 0.417 e. The topological polar surface area (TPSA) is 36.4 Å². The highest BCUT2D eigenvalue weighted by molar-refractivity contribution is 7.99. The van der Waals surface area contributed by atoms with Crippen LogP contribution in [-0.2, 0) is 11.0 Å². The summed E-state index contributed by atoms with van der Waals surface area (Å²) in [6.07, 6.45) is -4.00. The second-order valence-electron chi connectivity index (χ2n) is 5.57. The molecule has 1 aromatic rings. The first kappa shape index (κ1) is 16.4. The number of amides is 1. The molecule has 0 radical (unpaired) electrons. The van der Waals surface area contributed by atoms with Crippen molar-refractivity contribution in [2.45, 2.75) is 6.18 Å². The maximum atomic E-state index is 13.8. The van der Waals surface area contributed by atoms with Gasteiger partial charge in [0.25, 0.3) is 0 Å². The van der Waals surface area contributed by atoms with Crippen LogP contribution in [0, 0.1) is 11.7 Å². The van der Waals surface area contributed by atoms with Gasteiger partial charge in [-0.15, -0.1) is 0 Å². The Hall–Kier alpha value is -1.51. The van der Waals surface area contributed by atoms with Gasteiger partial charge in [0.05, 0.1) is 11.5 Å². The highest BCUT2D eigenvalue weighted by Crippen LogP contribution is 2.33. The first-order chi connectivity index (χ1) is 10.9. The zero-order chi connectivity index (χ0) is 16.6. The Morgan fingerprint density at radius 2 is 1.91 bits per heavy atom. The van der Waals surface area contributed by atoms with Crippen molar-refractivity contribution in [2.24, 2.45) is 5.92 Å². The maximum Gasteiger partial charge on any atom is 0.417 e. The molecule has 9 heteroatoms. The molecule has 1 aromatic heterocycles. The van der Waals surface area contributed by atoms with Gasteiger partial charge in [-0.1, -0.05) is 0 Å². The summed E-state index contributed by atoms with van der Waals surface area (Å²) in [7, 11) is 0. The van der Waals surface area contributed by atoms with Crippen molar-refractivity contribution in [1.82, 2.24) is 9.88 Å². The van der Waals surface area contributed by atoms with Crippen molar-refractivity contribution in [3.63, 3.8) is 0 Å². The molecule has 0 aromatic carbocycles. The molecule has 4 nitrogen and oxygen atoms in total. The summed E-state index contributed by atoms with van der Waals surface area (Å²) in [5.74, 6) is 0.487. The number of halogens is 4. The molecule has 2 aliphatic rings. The van der Waals surface area contributed by atoms with Crippen LogP contribution in [-0.4, -0.2) is 53.5 Å². The van der Waals surface area contributed by atoms with Crippen LogP contribution in [0.5, 0.6) is 0 Å². The van der Waals surface area contributed by atoms with E-state index in [1.54, 1.807) is 16.7 Å². The molecule has 0 saturated carbocycles. The quantitative estimate of drug-likeness (QED) is 0.768. The molecule has 3 rings (SSSR count). The average molecular weight is 349 g/mol. The summed E-state index contributed by atoms with van der Waals surface area (Å²) < 4.78 is 51.3. The van der Waals surface area contributed by atoms with E-state index < -0.39 is 17.6 Å². The Morgan fingerprint density at radius 1 is 1.26 bits per heavy atom. The number of thioether (sulfide) groups is 1. The first-order valence-corrected chi connectivity index (χ1v) is 8.36. The van der Waals surface area contributed by atoms with Crippen molar-refractivity contribution in [1.29, 1.82) is 0 Å². The van der Waals surface area contributed by atoms with Crippen LogP contribution < -0.4 is 4.90 Å². The van der Waals surface area contributed by atoms with E-state index in [1.807, 2.05) is 0 Å². The summed E-state index contributed by atoms with van der Waals surface area (Å²) in [6, 6.07) is 0.444. The highest BCUT2D eigenvalue weighted by Gasteiger charge is 2.38. The number of nitrogens with zero attached hydrogens (tertiary/aromatic N) is 3. The molecule has 23 heavy (non-hydrogen) atoms. The number of carbonyl (C=O) groups excluding carboxylic acids is 1. The van der Waals surface area contributed by atoms with Crippen LogP contribution in [0.3, 0.4) is 0 Å². The summed E-state index contributed by atoms with van der Waals surface area (Å²) in [4.78, 5) is 19.1. The van der Waals surface area contributed by atoms with Crippen molar-refractivity contribution < 1.29 is 22.4 Å². The number of hydrogen-bond acceptors (Lipinski definition) is 4. The van der Waals surface area contributed by atoms with Gasteiger partial charge in [-0.25, -0.2) is 9.37 Å². The van der Waals surface area contributed by atoms with Crippen LogP contribution in [0.15, 0.2) is 12.3 Å².